The normalized spacial score (nSPS) is 11.5. The van der Waals surface area contributed by atoms with Gasteiger partial charge in [0, 0.05) is 6.67 Å². The minimum Gasteiger partial charge on any atom is -0.333 e. The molecule has 0 saturated carbocycles. The topological polar surface area (TPSA) is 64.1 Å². The van der Waals surface area contributed by atoms with Gasteiger partial charge >= 0.3 is 0 Å². The smallest absolute Gasteiger partial charge is 0.0428 e. The molecule has 0 aromatic heterocycles. The molecule has 0 aliphatic carbocycles. The molecule has 0 saturated heterocycles. The summed E-state index contributed by atoms with van der Waals surface area (Å²) in [7, 11) is 1.50. The number of hydrogen-bond donors (Lipinski definition) is 3. The lowest BCUT2D eigenvalue weighted by Gasteiger charge is -2.14. The van der Waals surface area contributed by atoms with Crippen LogP contribution in [0.4, 0.5) is 0 Å². The highest BCUT2D eigenvalue weighted by molar-refractivity contribution is 4.95. The molecule has 0 aromatic rings. The largest absolute Gasteiger partial charge is 0.333 e. The lowest BCUT2D eigenvalue weighted by atomic mass is 9.95. The fourth-order valence-electron chi connectivity index (χ4n) is 1.18. The Morgan fingerprint density at radius 2 is 2.00 bits per heavy atom. The summed E-state index contributed by atoms with van der Waals surface area (Å²) in [5.41, 5.74) is 11.1. The van der Waals surface area contributed by atoms with E-state index in [0.29, 0.717) is 12.6 Å². The molecule has 80 valence electrons. The quantitative estimate of drug-likeness (QED) is 0.331. The standard InChI is InChI=1S/C9H20N2.CH5N/c1-4-9(8(2)3)5-6-11-7-10;1-2/h9,11H,2,4-7,10H2,1,3H3;2H2,1H3. The van der Waals surface area contributed by atoms with Crippen molar-refractivity contribution in [3.63, 3.8) is 0 Å². The second-order valence-electron chi connectivity index (χ2n) is 2.94. The predicted molar refractivity (Wildman–Crippen MR) is 60.4 cm³/mol. The van der Waals surface area contributed by atoms with Gasteiger partial charge in [-0.1, -0.05) is 19.1 Å². The Kier molecular flexibility index (Phi) is 13.5. The minimum absolute atomic E-state index is 0.576. The van der Waals surface area contributed by atoms with E-state index in [1.807, 2.05) is 0 Å². The van der Waals surface area contributed by atoms with Crippen molar-refractivity contribution in [1.29, 1.82) is 0 Å². The van der Waals surface area contributed by atoms with Crippen molar-refractivity contribution in [3.8, 4) is 0 Å². The van der Waals surface area contributed by atoms with Crippen LogP contribution in [0.15, 0.2) is 12.2 Å². The second-order valence-corrected chi connectivity index (χ2v) is 2.94. The Morgan fingerprint density at radius 1 is 1.46 bits per heavy atom. The average Bonchev–Trinajstić information content (AvgIpc) is 2.15. The first kappa shape index (κ1) is 15.1. The highest BCUT2D eigenvalue weighted by Crippen LogP contribution is 2.15. The van der Waals surface area contributed by atoms with Crippen LogP contribution in [0, 0.1) is 5.92 Å². The molecule has 13 heavy (non-hydrogen) atoms. The lowest BCUT2D eigenvalue weighted by molar-refractivity contribution is 0.514. The fourth-order valence-corrected chi connectivity index (χ4v) is 1.18. The van der Waals surface area contributed by atoms with Crippen molar-refractivity contribution >= 4 is 0 Å². The summed E-state index contributed by atoms with van der Waals surface area (Å²) in [5.74, 6) is 0.661. The van der Waals surface area contributed by atoms with Crippen molar-refractivity contribution in [2.24, 2.45) is 17.4 Å². The molecule has 0 bridgehead atoms. The molecule has 5 N–H and O–H groups in total. The number of allylic oxidation sites excluding steroid dienone is 1. The molecule has 0 rings (SSSR count). The van der Waals surface area contributed by atoms with Gasteiger partial charge in [0.2, 0.25) is 0 Å². The first-order valence-corrected chi connectivity index (χ1v) is 4.86. The minimum atomic E-state index is 0.576. The van der Waals surface area contributed by atoms with Crippen LogP contribution < -0.4 is 16.8 Å². The van der Waals surface area contributed by atoms with E-state index in [1.54, 1.807) is 0 Å². The highest BCUT2D eigenvalue weighted by atomic mass is 14.9. The molecule has 3 nitrogen and oxygen atoms in total. The van der Waals surface area contributed by atoms with Crippen molar-refractivity contribution < 1.29 is 0 Å². The number of hydrogen-bond acceptors (Lipinski definition) is 3. The maximum atomic E-state index is 5.30. The van der Waals surface area contributed by atoms with E-state index in [4.69, 9.17) is 5.73 Å². The third-order valence-electron chi connectivity index (χ3n) is 2.00. The van der Waals surface area contributed by atoms with Gasteiger partial charge in [0.25, 0.3) is 0 Å². The van der Waals surface area contributed by atoms with E-state index < -0.39 is 0 Å². The van der Waals surface area contributed by atoms with Gasteiger partial charge in [-0.15, -0.1) is 0 Å². The summed E-state index contributed by atoms with van der Waals surface area (Å²) in [4.78, 5) is 0. The predicted octanol–water partition coefficient (Wildman–Crippen LogP) is 1.06. The Balaban J connectivity index is 0. The zero-order valence-electron chi connectivity index (χ0n) is 9.27. The van der Waals surface area contributed by atoms with Crippen LogP contribution in [0.2, 0.25) is 0 Å². The first-order chi connectivity index (χ1) is 6.22. The Bertz CT molecular complexity index is 113. The maximum Gasteiger partial charge on any atom is 0.0428 e. The molecule has 0 fully saturated rings. The van der Waals surface area contributed by atoms with E-state index in [-0.39, 0.29) is 0 Å². The van der Waals surface area contributed by atoms with Crippen LogP contribution in [0.5, 0.6) is 0 Å². The van der Waals surface area contributed by atoms with Crippen LogP contribution >= 0.6 is 0 Å². The molecule has 3 heteroatoms. The summed E-state index contributed by atoms with van der Waals surface area (Å²) in [6.07, 6.45) is 2.34. The molecular weight excluding hydrogens is 162 g/mol. The summed E-state index contributed by atoms with van der Waals surface area (Å²) in [6, 6.07) is 0. The maximum absolute atomic E-state index is 5.30. The Hall–Kier alpha value is -0.380. The van der Waals surface area contributed by atoms with Crippen molar-refractivity contribution in [2.75, 3.05) is 20.3 Å². The van der Waals surface area contributed by atoms with Gasteiger partial charge in [0.15, 0.2) is 0 Å². The monoisotopic (exact) mass is 187 g/mol. The number of rotatable bonds is 6. The van der Waals surface area contributed by atoms with Gasteiger partial charge in [0.1, 0.15) is 0 Å². The zero-order chi connectivity index (χ0) is 10.7. The Labute approximate surface area is 82.6 Å². The molecule has 0 spiro atoms. The molecule has 1 unspecified atom stereocenters. The molecule has 0 aliphatic heterocycles. The third kappa shape index (κ3) is 9.53. The van der Waals surface area contributed by atoms with Crippen molar-refractivity contribution in [1.82, 2.24) is 5.32 Å². The van der Waals surface area contributed by atoms with Gasteiger partial charge in [0.05, 0.1) is 0 Å². The van der Waals surface area contributed by atoms with E-state index in [0.717, 1.165) is 13.0 Å². The van der Waals surface area contributed by atoms with Gasteiger partial charge in [-0.3, -0.25) is 0 Å². The van der Waals surface area contributed by atoms with Crippen LogP contribution in [0.1, 0.15) is 26.7 Å². The summed E-state index contributed by atoms with van der Waals surface area (Å²) in [6.45, 7) is 9.81. The van der Waals surface area contributed by atoms with E-state index in [1.165, 1.54) is 19.0 Å². The first-order valence-electron chi connectivity index (χ1n) is 4.86. The fraction of sp³-hybridized carbons (Fsp3) is 0.800. The van der Waals surface area contributed by atoms with E-state index >= 15 is 0 Å². The zero-order valence-corrected chi connectivity index (χ0v) is 9.27. The average molecular weight is 187 g/mol. The van der Waals surface area contributed by atoms with Crippen molar-refractivity contribution in [2.45, 2.75) is 26.7 Å². The van der Waals surface area contributed by atoms with Crippen LogP contribution in [-0.2, 0) is 0 Å². The molecule has 0 aromatic carbocycles. The lowest BCUT2D eigenvalue weighted by Crippen LogP contribution is -2.24. The van der Waals surface area contributed by atoms with E-state index in [2.05, 4.69) is 31.5 Å². The van der Waals surface area contributed by atoms with Crippen LogP contribution in [0.25, 0.3) is 0 Å². The van der Waals surface area contributed by atoms with Gasteiger partial charge in [-0.2, -0.15) is 0 Å². The van der Waals surface area contributed by atoms with Gasteiger partial charge in [-0.05, 0) is 39.3 Å². The molecule has 1 atom stereocenters. The molecule has 0 aliphatic rings. The summed E-state index contributed by atoms with van der Waals surface area (Å²) < 4.78 is 0. The number of nitrogens with two attached hydrogens (primary N) is 2. The van der Waals surface area contributed by atoms with Crippen LogP contribution in [-0.4, -0.2) is 20.3 Å². The highest BCUT2D eigenvalue weighted by Gasteiger charge is 2.04. The molecular formula is C10H25N3. The summed E-state index contributed by atoms with van der Waals surface area (Å²) in [5, 5.41) is 3.10. The SMILES string of the molecule is C=C(C)C(CC)CCNCN.CN. The molecule has 0 radical (unpaired) electrons. The van der Waals surface area contributed by atoms with Crippen molar-refractivity contribution in [3.05, 3.63) is 12.2 Å². The Morgan fingerprint density at radius 3 is 2.31 bits per heavy atom. The molecule has 0 amide bonds. The molecule has 0 heterocycles. The van der Waals surface area contributed by atoms with Crippen LogP contribution in [0.3, 0.4) is 0 Å². The third-order valence-corrected chi connectivity index (χ3v) is 2.00. The van der Waals surface area contributed by atoms with Gasteiger partial charge < -0.3 is 16.8 Å². The number of nitrogens with one attached hydrogen (secondary N) is 1. The van der Waals surface area contributed by atoms with E-state index in [9.17, 15) is 0 Å². The van der Waals surface area contributed by atoms with Gasteiger partial charge in [-0.25, -0.2) is 0 Å². The summed E-state index contributed by atoms with van der Waals surface area (Å²) >= 11 is 0. The second kappa shape index (κ2) is 11.6.